The highest BCUT2D eigenvalue weighted by molar-refractivity contribution is 7.09. The SMILES string of the molecule is Cc1csc([C@H]2CCCN2C(=O)c2cc(C(=O)N[C@@H](Cc3ccccc3)[C@H](O)[C@H]3CC(F)(F)CN3)cc(-c3ncco3)c2)n1. The Kier molecular flexibility index (Phi) is 8.57. The van der Waals surface area contributed by atoms with Crippen molar-refractivity contribution in [3.63, 3.8) is 0 Å². The van der Waals surface area contributed by atoms with Gasteiger partial charge in [-0.2, -0.15) is 0 Å². The van der Waals surface area contributed by atoms with E-state index < -0.39 is 43.0 Å². The van der Waals surface area contributed by atoms with E-state index in [0.29, 0.717) is 12.1 Å². The topological polar surface area (TPSA) is 121 Å². The number of alkyl halides is 2. The molecule has 0 aliphatic carbocycles. The molecule has 6 rings (SSSR count). The third kappa shape index (κ3) is 6.57. The van der Waals surface area contributed by atoms with Crippen LogP contribution in [0.2, 0.25) is 0 Å². The lowest BCUT2D eigenvalue weighted by molar-refractivity contribution is 0.0112. The number of hydrogen-bond acceptors (Lipinski definition) is 8. The number of nitrogens with zero attached hydrogens (tertiary/aromatic N) is 3. The predicted octanol–water partition coefficient (Wildman–Crippen LogP) is 4.78. The van der Waals surface area contributed by atoms with E-state index in [4.69, 9.17) is 4.42 Å². The van der Waals surface area contributed by atoms with Crippen molar-refractivity contribution in [2.24, 2.45) is 0 Å². The Bertz CT molecular complexity index is 1610. The first-order chi connectivity index (χ1) is 21.2. The van der Waals surface area contributed by atoms with Gasteiger partial charge in [0.2, 0.25) is 5.89 Å². The third-order valence-corrected chi connectivity index (χ3v) is 9.20. The van der Waals surface area contributed by atoms with Gasteiger partial charge in [0.15, 0.2) is 0 Å². The Hall–Kier alpha value is -4.00. The van der Waals surface area contributed by atoms with Crippen molar-refractivity contribution in [3.8, 4) is 11.5 Å². The lowest BCUT2D eigenvalue weighted by Crippen LogP contribution is -2.52. The number of halogens is 2. The van der Waals surface area contributed by atoms with Crippen molar-refractivity contribution in [2.75, 3.05) is 13.1 Å². The number of aliphatic hydroxyl groups excluding tert-OH is 1. The Labute approximate surface area is 257 Å². The summed E-state index contributed by atoms with van der Waals surface area (Å²) < 4.78 is 33.5. The molecule has 0 bridgehead atoms. The van der Waals surface area contributed by atoms with Crippen LogP contribution in [0.25, 0.3) is 11.5 Å². The molecule has 0 unspecified atom stereocenters. The van der Waals surface area contributed by atoms with E-state index in [1.807, 2.05) is 42.6 Å². The quantitative estimate of drug-likeness (QED) is 0.246. The van der Waals surface area contributed by atoms with Gasteiger partial charge in [-0.05, 0) is 49.9 Å². The van der Waals surface area contributed by atoms with Crippen molar-refractivity contribution in [1.82, 2.24) is 25.5 Å². The van der Waals surface area contributed by atoms with E-state index in [0.717, 1.165) is 29.1 Å². The molecule has 12 heteroatoms. The molecule has 0 saturated carbocycles. The summed E-state index contributed by atoms with van der Waals surface area (Å²) in [6.45, 7) is 1.93. The number of amides is 2. The fourth-order valence-electron chi connectivity index (χ4n) is 5.97. The molecule has 2 aliphatic rings. The molecule has 0 radical (unpaired) electrons. The number of aromatic nitrogens is 2. The van der Waals surface area contributed by atoms with E-state index in [9.17, 15) is 23.5 Å². The maximum Gasteiger partial charge on any atom is 0.261 e. The number of nitrogens with one attached hydrogen (secondary N) is 2. The molecule has 4 heterocycles. The molecule has 44 heavy (non-hydrogen) atoms. The van der Waals surface area contributed by atoms with Crippen LogP contribution in [0.1, 0.15) is 62.3 Å². The van der Waals surface area contributed by atoms with Crippen LogP contribution >= 0.6 is 11.3 Å². The predicted molar refractivity (Wildman–Crippen MR) is 161 cm³/mol. The number of rotatable bonds is 9. The molecule has 2 amide bonds. The summed E-state index contributed by atoms with van der Waals surface area (Å²) in [4.78, 5) is 38.4. The summed E-state index contributed by atoms with van der Waals surface area (Å²) in [7, 11) is 0. The zero-order valence-electron chi connectivity index (χ0n) is 24.1. The third-order valence-electron chi connectivity index (χ3n) is 8.14. The van der Waals surface area contributed by atoms with Crippen LogP contribution in [0.5, 0.6) is 0 Å². The second-order valence-electron chi connectivity index (χ2n) is 11.4. The van der Waals surface area contributed by atoms with Crippen LogP contribution in [0.3, 0.4) is 0 Å². The van der Waals surface area contributed by atoms with Crippen LogP contribution < -0.4 is 10.6 Å². The van der Waals surface area contributed by atoms with Gasteiger partial charge in [-0.25, -0.2) is 18.7 Å². The Morgan fingerprint density at radius 3 is 2.70 bits per heavy atom. The van der Waals surface area contributed by atoms with Gasteiger partial charge in [0.05, 0.1) is 30.9 Å². The van der Waals surface area contributed by atoms with Gasteiger partial charge < -0.3 is 25.1 Å². The highest BCUT2D eigenvalue weighted by Crippen LogP contribution is 2.35. The molecular weight excluding hydrogens is 588 g/mol. The van der Waals surface area contributed by atoms with Crippen molar-refractivity contribution in [3.05, 3.63) is 93.8 Å². The largest absolute Gasteiger partial charge is 0.445 e. The lowest BCUT2D eigenvalue weighted by atomic mass is 9.94. The summed E-state index contributed by atoms with van der Waals surface area (Å²) in [5, 5.41) is 19.6. The second kappa shape index (κ2) is 12.5. The highest BCUT2D eigenvalue weighted by Gasteiger charge is 2.44. The van der Waals surface area contributed by atoms with Crippen molar-refractivity contribution < 1.29 is 27.9 Å². The standard InChI is InChI=1S/C32H33F2N5O4S/c1-19-17-44-30(37-19)26-8-5-10-39(26)31(42)23-14-21(13-22(15-23)29-35-9-11-43-29)28(41)38-24(12-20-6-3-2-4-7-20)27(40)25-16-32(33,34)18-36-25/h2-4,6-7,9,11,13-15,17,24-27,36,40H,5,8,10,12,16,18H2,1H3,(H,38,41)/t24-,25+,26+,27-/m0/s1. The molecule has 2 aliphatic heterocycles. The van der Waals surface area contributed by atoms with Crippen molar-refractivity contribution in [1.29, 1.82) is 0 Å². The number of carbonyl (C=O) groups excluding carboxylic acids is 2. The van der Waals surface area contributed by atoms with Gasteiger partial charge in [-0.3, -0.25) is 9.59 Å². The summed E-state index contributed by atoms with van der Waals surface area (Å²) in [5.74, 6) is -3.52. The van der Waals surface area contributed by atoms with Gasteiger partial charge in [0.1, 0.15) is 11.3 Å². The van der Waals surface area contributed by atoms with Gasteiger partial charge in [-0.1, -0.05) is 30.3 Å². The molecule has 4 aromatic rings. The average Bonchev–Trinajstić information content (AvgIpc) is 3.84. The molecule has 230 valence electrons. The Morgan fingerprint density at radius 2 is 2.02 bits per heavy atom. The normalized spacial score (nSPS) is 20.9. The van der Waals surface area contributed by atoms with Gasteiger partial charge in [-0.15, -0.1) is 11.3 Å². The number of likely N-dealkylation sites (tertiary alicyclic amines) is 1. The first kappa shape index (κ1) is 30.0. The molecular formula is C32H33F2N5O4S. The zero-order chi connectivity index (χ0) is 30.8. The summed E-state index contributed by atoms with van der Waals surface area (Å²) in [6, 6.07) is 12.0. The number of benzene rings is 2. The number of carbonyl (C=O) groups is 2. The summed E-state index contributed by atoms with van der Waals surface area (Å²) in [6.07, 6.45) is 2.88. The van der Waals surface area contributed by atoms with Crippen molar-refractivity contribution >= 4 is 23.2 Å². The van der Waals surface area contributed by atoms with Crippen LogP contribution in [-0.4, -0.2) is 69.0 Å². The van der Waals surface area contributed by atoms with Crippen molar-refractivity contribution in [2.45, 2.75) is 62.8 Å². The maximum absolute atomic E-state index is 14.0. The number of aliphatic hydroxyl groups is 1. The Morgan fingerprint density at radius 1 is 1.23 bits per heavy atom. The second-order valence-corrected chi connectivity index (χ2v) is 12.3. The fraction of sp³-hybridized carbons (Fsp3) is 0.375. The van der Waals surface area contributed by atoms with Gasteiger partial charge in [0.25, 0.3) is 17.7 Å². The zero-order valence-corrected chi connectivity index (χ0v) is 24.9. The smallest absolute Gasteiger partial charge is 0.261 e. The first-order valence-corrected chi connectivity index (χ1v) is 15.5. The lowest BCUT2D eigenvalue weighted by Gasteiger charge is -2.29. The van der Waals surface area contributed by atoms with Crippen LogP contribution in [-0.2, 0) is 6.42 Å². The minimum Gasteiger partial charge on any atom is -0.445 e. The fourth-order valence-corrected chi connectivity index (χ4v) is 6.92. The Balaban J connectivity index is 1.30. The van der Waals surface area contributed by atoms with E-state index in [1.54, 1.807) is 17.0 Å². The minimum absolute atomic E-state index is 0.153. The van der Waals surface area contributed by atoms with Crippen LogP contribution in [0.15, 0.2) is 70.8 Å². The molecule has 9 nitrogen and oxygen atoms in total. The molecule has 4 atom stereocenters. The van der Waals surface area contributed by atoms with Crippen LogP contribution in [0.4, 0.5) is 8.78 Å². The minimum atomic E-state index is -2.95. The number of oxazole rings is 1. The monoisotopic (exact) mass is 621 g/mol. The maximum atomic E-state index is 14.0. The molecule has 3 N–H and O–H groups in total. The summed E-state index contributed by atoms with van der Waals surface area (Å²) in [5.41, 5.74) is 2.59. The highest BCUT2D eigenvalue weighted by atomic mass is 32.1. The molecule has 0 spiro atoms. The molecule has 2 aromatic heterocycles. The first-order valence-electron chi connectivity index (χ1n) is 14.6. The molecule has 2 fully saturated rings. The van der Waals surface area contributed by atoms with Gasteiger partial charge >= 0.3 is 0 Å². The van der Waals surface area contributed by atoms with E-state index in [-0.39, 0.29) is 35.4 Å². The number of thiazole rings is 1. The molecule has 2 saturated heterocycles. The number of aryl methyl sites for hydroxylation is 1. The van der Waals surface area contributed by atoms with E-state index in [1.165, 1.54) is 29.9 Å². The summed E-state index contributed by atoms with van der Waals surface area (Å²) >= 11 is 1.52. The van der Waals surface area contributed by atoms with Crippen LogP contribution in [0, 0.1) is 6.92 Å². The van der Waals surface area contributed by atoms with Gasteiger partial charge in [0, 0.05) is 46.8 Å². The molecule has 2 aromatic carbocycles. The average molecular weight is 622 g/mol. The number of hydrogen-bond donors (Lipinski definition) is 3. The van der Waals surface area contributed by atoms with E-state index >= 15 is 0 Å². The van der Waals surface area contributed by atoms with E-state index in [2.05, 4.69) is 20.6 Å².